The summed E-state index contributed by atoms with van der Waals surface area (Å²) in [5.74, 6) is -1.37. The molecule has 6 nitrogen and oxygen atoms in total. The summed E-state index contributed by atoms with van der Waals surface area (Å²) in [6, 6.07) is 17.4. The number of nitrogens with one attached hydrogen (secondary N) is 1. The van der Waals surface area contributed by atoms with Gasteiger partial charge in [0.05, 0.1) is 23.8 Å². The molecular weight excluding hydrogens is 392 g/mol. The van der Waals surface area contributed by atoms with Gasteiger partial charge in [-0.1, -0.05) is 42.5 Å². The van der Waals surface area contributed by atoms with Crippen LogP contribution in [0.4, 0.5) is 0 Å². The van der Waals surface area contributed by atoms with Gasteiger partial charge in [0.2, 0.25) is 0 Å². The Labute approximate surface area is 181 Å². The minimum atomic E-state index is -0.997. The molecule has 2 aromatic carbocycles. The Kier molecular flexibility index (Phi) is 6.51. The van der Waals surface area contributed by atoms with E-state index in [-0.39, 0.29) is 12.3 Å². The Bertz CT molecular complexity index is 1100. The molecule has 0 saturated carbocycles. The largest absolute Gasteiger partial charge is 0.481 e. The molecular formula is C25H26N2O4. The minimum Gasteiger partial charge on any atom is -0.481 e. The molecule has 160 valence electrons. The van der Waals surface area contributed by atoms with Crippen LogP contribution in [0.25, 0.3) is 11.3 Å². The molecule has 0 saturated heterocycles. The average Bonchev–Trinajstić information content (AvgIpc) is 2.73. The third kappa shape index (κ3) is 5.55. The fraction of sp³-hybridized carbons (Fsp3) is 0.240. The first-order chi connectivity index (χ1) is 14.6. The van der Waals surface area contributed by atoms with Gasteiger partial charge >= 0.3 is 5.97 Å². The molecule has 0 aliphatic heterocycles. The third-order valence-electron chi connectivity index (χ3n) is 5.13. The number of aromatic nitrogens is 1. The summed E-state index contributed by atoms with van der Waals surface area (Å²) in [6.07, 6.45) is 1.32. The first-order valence-electron chi connectivity index (χ1n) is 10.0. The fourth-order valence-electron chi connectivity index (χ4n) is 3.42. The molecule has 0 spiro atoms. The predicted molar refractivity (Wildman–Crippen MR) is 119 cm³/mol. The Hall–Kier alpha value is -3.51. The molecule has 1 aromatic heterocycles. The van der Waals surface area contributed by atoms with E-state index < -0.39 is 17.6 Å². The Morgan fingerprint density at radius 2 is 1.81 bits per heavy atom. The van der Waals surface area contributed by atoms with Gasteiger partial charge in [0.1, 0.15) is 0 Å². The number of rotatable bonds is 7. The van der Waals surface area contributed by atoms with Crippen LogP contribution in [-0.2, 0) is 10.4 Å². The van der Waals surface area contributed by atoms with E-state index in [9.17, 15) is 19.8 Å². The van der Waals surface area contributed by atoms with Crippen LogP contribution >= 0.6 is 0 Å². The van der Waals surface area contributed by atoms with E-state index in [0.717, 1.165) is 22.3 Å². The van der Waals surface area contributed by atoms with E-state index in [0.29, 0.717) is 11.3 Å². The number of carboxylic acids is 1. The van der Waals surface area contributed by atoms with E-state index in [4.69, 9.17) is 0 Å². The Morgan fingerprint density at radius 1 is 1.06 bits per heavy atom. The van der Waals surface area contributed by atoms with Gasteiger partial charge in [-0.05, 0) is 55.7 Å². The number of hydrogen-bond acceptors (Lipinski definition) is 4. The number of carbonyl (C=O) groups excluding carboxylic acids is 1. The van der Waals surface area contributed by atoms with Gasteiger partial charge in [0.25, 0.3) is 5.91 Å². The van der Waals surface area contributed by atoms with Gasteiger partial charge in [-0.3, -0.25) is 14.6 Å². The lowest BCUT2D eigenvalue weighted by Crippen LogP contribution is -2.30. The molecule has 0 radical (unpaired) electrons. The van der Waals surface area contributed by atoms with E-state index in [2.05, 4.69) is 10.3 Å². The van der Waals surface area contributed by atoms with Crippen LogP contribution < -0.4 is 5.32 Å². The number of aliphatic hydroxyl groups is 1. The third-order valence-corrected chi connectivity index (χ3v) is 5.13. The summed E-state index contributed by atoms with van der Waals surface area (Å²) in [6.45, 7) is 5.30. The summed E-state index contributed by atoms with van der Waals surface area (Å²) < 4.78 is 0. The molecule has 3 N–H and O–H groups in total. The predicted octanol–water partition coefficient (Wildman–Crippen LogP) is 4.23. The second-order valence-corrected chi connectivity index (χ2v) is 8.05. The second kappa shape index (κ2) is 9.10. The smallest absolute Gasteiger partial charge is 0.305 e. The van der Waals surface area contributed by atoms with Crippen LogP contribution in [0.2, 0.25) is 0 Å². The van der Waals surface area contributed by atoms with Crippen molar-refractivity contribution in [2.24, 2.45) is 0 Å². The fourth-order valence-corrected chi connectivity index (χ4v) is 3.42. The summed E-state index contributed by atoms with van der Waals surface area (Å²) in [5, 5.41) is 22.4. The summed E-state index contributed by atoms with van der Waals surface area (Å²) in [5.41, 5.74) is 3.16. The molecule has 0 unspecified atom stereocenters. The Balaban J connectivity index is 1.89. The van der Waals surface area contributed by atoms with Crippen LogP contribution in [0.3, 0.4) is 0 Å². The summed E-state index contributed by atoms with van der Waals surface area (Å²) in [7, 11) is 0. The first-order valence-corrected chi connectivity index (χ1v) is 10.0. The lowest BCUT2D eigenvalue weighted by atomic mass is 9.95. The van der Waals surface area contributed by atoms with Gasteiger partial charge in [-0.15, -0.1) is 0 Å². The topological polar surface area (TPSA) is 99.5 Å². The molecule has 0 bridgehead atoms. The van der Waals surface area contributed by atoms with Crippen LogP contribution in [0.5, 0.6) is 0 Å². The van der Waals surface area contributed by atoms with E-state index >= 15 is 0 Å². The van der Waals surface area contributed by atoms with Crippen molar-refractivity contribution in [3.05, 3.63) is 89.1 Å². The SMILES string of the molecule is Cc1ccccc1[C@H](CC(=O)O)NC(=O)c1ccnc(-c2cccc(C(C)(C)O)c2)c1. The van der Waals surface area contributed by atoms with Crippen molar-refractivity contribution in [2.75, 3.05) is 0 Å². The lowest BCUT2D eigenvalue weighted by molar-refractivity contribution is -0.137. The van der Waals surface area contributed by atoms with Crippen molar-refractivity contribution in [3.8, 4) is 11.3 Å². The zero-order chi connectivity index (χ0) is 22.6. The van der Waals surface area contributed by atoms with E-state index in [1.165, 1.54) is 0 Å². The maximum Gasteiger partial charge on any atom is 0.305 e. The maximum atomic E-state index is 13.0. The number of benzene rings is 2. The highest BCUT2D eigenvalue weighted by Crippen LogP contribution is 2.26. The van der Waals surface area contributed by atoms with Crippen LogP contribution in [0.1, 0.15) is 53.4 Å². The number of aryl methyl sites for hydroxylation is 1. The highest BCUT2D eigenvalue weighted by atomic mass is 16.4. The highest BCUT2D eigenvalue weighted by molar-refractivity contribution is 5.95. The maximum absolute atomic E-state index is 13.0. The summed E-state index contributed by atoms with van der Waals surface area (Å²) in [4.78, 5) is 28.7. The number of amides is 1. The molecule has 0 fully saturated rings. The molecule has 1 heterocycles. The average molecular weight is 418 g/mol. The van der Waals surface area contributed by atoms with Gasteiger partial charge in [-0.2, -0.15) is 0 Å². The van der Waals surface area contributed by atoms with E-state index in [1.807, 2.05) is 55.5 Å². The van der Waals surface area contributed by atoms with Crippen molar-refractivity contribution in [1.82, 2.24) is 10.3 Å². The second-order valence-electron chi connectivity index (χ2n) is 8.05. The van der Waals surface area contributed by atoms with Crippen LogP contribution in [-0.4, -0.2) is 27.1 Å². The standard InChI is InChI=1S/C25H26N2O4/c1-16-7-4-5-10-20(16)22(15-23(28)29)27-24(30)18-11-12-26-21(14-18)17-8-6-9-19(13-17)25(2,3)31/h4-14,22,31H,15H2,1-3H3,(H,27,30)(H,28,29)/t22-/m0/s1. The molecule has 0 aliphatic rings. The van der Waals surface area contributed by atoms with Crippen molar-refractivity contribution in [2.45, 2.75) is 38.8 Å². The molecule has 3 rings (SSSR count). The van der Waals surface area contributed by atoms with Crippen LogP contribution in [0, 0.1) is 6.92 Å². The minimum absolute atomic E-state index is 0.220. The zero-order valence-electron chi connectivity index (χ0n) is 17.8. The number of carboxylic acid groups (broad SMARTS) is 1. The van der Waals surface area contributed by atoms with Gasteiger partial charge in [0.15, 0.2) is 0 Å². The lowest BCUT2D eigenvalue weighted by Gasteiger charge is -2.20. The monoisotopic (exact) mass is 418 g/mol. The normalized spacial score (nSPS) is 12.3. The molecule has 6 heteroatoms. The van der Waals surface area contributed by atoms with Crippen molar-refractivity contribution < 1.29 is 19.8 Å². The van der Waals surface area contributed by atoms with Crippen molar-refractivity contribution in [3.63, 3.8) is 0 Å². The molecule has 3 aromatic rings. The molecule has 0 aliphatic carbocycles. The number of pyridine rings is 1. The zero-order valence-corrected chi connectivity index (χ0v) is 17.8. The van der Waals surface area contributed by atoms with Crippen molar-refractivity contribution in [1.29, 1.82) is 0 Å². The van der Waals surface area contributed by atoms with Gasteiger partial charge < -0.3 is 15.5 Å². The van der Waals surface area contributed by atoms with Gasteiger partial charge in [0, 0.05) is 17.3 Å². The van der Waals surface area contributed by atoms with E-state index in [1.54, 1.807) is 32.2 Å². The number of carbonyl (C=O) groups is 2. The summed E-state index contributed by atoms with van der Waals surface area (Å²) >= 11 is 0. The first kappa shape index (κ1) is 22.2. The van der Waals surface area contributed by atoms with Crippen LogP contribution in [0.15, 0.2) is 66.9 Å². The number of aliphatic carboxylic acids is 1. The number of nitrogens with zero attached hydrogens (tertiary/aromatic N) is 1. The van der Waals surface area contributed by atoms with Crippen molar-refractivity contribution >= 4 is 11.9 Å². The molecule has 1 amide bonds. The Morgan fingerprint density at radius 3 is 2.48 bits per heavy atom. The number of hydrogen-bond donors (Lipinski definition) is 3. The molecule has 31 heavy (non-hydrogen) atoms. The highest BCUT2D eigenvalue weighted by Gasteiger charge is 2.21. The molecule has 1 atom stereocenters. The quantitative estimate of drug-likeness (QED) is 0.533. The van der Waals surface area contributed by atoms with Gasteiger partial charge in [-0.25, -0.2) is 0 Å².